The Morgan fingerprint density at radius 3 is 2.61 bits per heavy atom. The Hall–Kier alpha value is -2.92. The van der Waals surface area contributed by atoms with Crippen LogP contribution in [0.3, 0.4) is 0 Å². The van der Waals surface area contributed by atoms with Crippen LogP contribution in [0.15, 0.2) is 59.1 Å². The van der Waals surface area contributed by atoms with E-state index in [0.29, 0.717) is 29.8 Å². The number of carbonyl (C=O) groups is 1. The molecule has 0 fully saturated rings. The van der Waals surface area contributed by atoms with E-state index in [1.165, 1.54) is 6.08 Å². The van der Waals surface area contributed by atoms with Crippen molar-refractivity contribution in [3.05, 3.63) is 76.6 Å². The molecule has 6 heteroatoms. The zero-order valence-electron chi connectivity index (χ0n) is 16.2. The topological polar surface area (TPSA) is 65.2 Å². The number of hydrogen-bond donors (Lipinski definition) is 0. The molecule has 0 atom stereocenters. The van der Waals surface area contributed by atoms with Gasteiger partial charge in [0, 0.05) is 23.1 Å². The lowest BCUT2D eigenvalue weighted by molar-refractivity contribution is -0.137. The van der Waals surface area contributed by atoms with Gasteiger partial charge in [0.05, 0.1) is 6.61 Å². The van der Waals surface area contributed by atoms with Gasteiger partial charge in [-0.1, -0.05) is 54.9 Å². The number of halogens is 1. The average Bonchev–Trinajstić information content (AvgIpc) is 3.17. The SMILES string of the molecule is CC.CCOC(=O)/C=C/c1ccc(-c2nc(Cc3cccc(Cl)c3)no2)cc1. The highest BCUT2D eigenvalue weighted by Gasteiger charge is 2.09. The first kappa shape index (κ1) is 21.4. The van der Waals surface area contributed by atoms with E-state index in [1.54, 1.807) is 13.0 Å². The normalized spacial score (nSPS) is 10.4. The maximum atomic E-state index is 11.3. The fourth-order valence-corrected chi connectivity index (χ4v) is 2.58. The summed E-state index contributed by atoms with van der Waals surface area (Å²) in [6.07, 6.45) is 3.64. The molecule has 146 valence electrons. The third-order valence-corrected chi connectivity index (χ3v) is 3.81. The highest BCUT2D eigenvalue weighted by Crippen LogP contribution is 2.20. The van der Waals surface area contributed by atoms with Crippen molar-refractivity contribution in [1.82, 2.24) is 10.1 Å². The minimum atomic E-state index is -0.362. The van der Waals surface area contributed by atoms with Crippen LogP contribution in [-0.2, 0) is 16.0 Å². The maximum absolute atomic E-state index is 11.3. The van der Waals surface area contributed by atoms with Crippen LogP contribution >= 0.6 is 11.6 Å². The lowest BCUT2D eigenvalue weighted by Gasteiger charge is -1.98. The van der Waals surface area contributed by atoms with E-state index < -0.39 is 0 Å². The van der Waals surface area contributed by atoms with Crippen molar-refractivity contribution < 1.29 is 14.1 Å². The lowest BCUT2D eigenvalue weighted by atomic mass is 10.1. The minimum Gasteiger partial charge on any atom is -0.463 e. The van der Waals surface area contributed by atoms with Gasteiger partial charge < -0.3 is 9.26 Å². The fraction of sp³-hybridized carbons (Fsp3) is 0.227. The molecular formula is C22H23ClN2O3. The number of aromatic nitrogens is 2. The smallest absolute Gasteiger partial charge is 0.330 e. The summed E-state index contributed by atoms with van der Waals surface area (Å²) in [6, 6.07) is 15.0. The molecule has 0 amide bonds. The van der Waals surface area contributed by atoms with Crippen molar-refractivity contribution in [1.29, 1.82) is 0 Å². The molecule has 28 heavy (non-hydrogen) atoms. The van der Waals surface area contributed by atoms with Crippen LogP contribution in [0.25, 0.3) is 17.5 Å². The number of rotatable bonds is 6. The molecule has 0 spiro atoms. The van der Waals surface area contributed by atoms with Gasteiger partial charge in [-0.2, -0.15) is 4.98 Å². The molecule has 0 aliphatic rings. The first-order chi connectivity index (χ1) is 13.6. The molecule has 0 radical (unpaired) electrons. The minimum absolute atomic E-state index is 0.358. The largest absolute Gasteiger partial charge is 0.463 e. The van der Waals surface area contributed by atoms with Gasteiger partial charge in [-0.05, 0) is 48.4 Å². The average molecular weight is 399 g/mol. The Labute approximate surface area is 170 Å². The van der Waals surface area contributed by atoms with E-state index in [2.05, 4.69) is 10.1 Å². The molecule has 0 N–H and O–H groups in total. The molecule has 0 bridgehead atoms. The van der Waals surface area contributed by atoms with E-state index in [-0.39, 0.29) is 5.97 Å². The molecule has 1 heterocycles. The second-order valence-corrected chi connectivity index (χ2v) is 5.97. The van der Waals surface area contributed by atoms with Crippen molar-refractivity contribution in [3.63, 3.8) is 0 Å². The second-order valence-electron chi connectivity index (χ2n) is 5.53. The lowest BCUT2D eigenvalue weighted by Crippen LogP contribution is -1.98. The van der Waals surface area contributed by atoms with Gasteiger partial charge in [0.25, 0.3) is 5.89 Å². The predicted molar refractivity (Wildman–Crippen MR) is 111 cm³/mol. The van der Waals surface area contributed by atoms with Crippen molar-refractivity contribution in [2.24, 2.45) is 0 Å². The number of benzene rings is 2. The highest BCUT2D eigenvalue weighted by molar-refractivity contribution is 6.30. The van der Waals surface area contributed by atoms with Crippen molar-refractivity contribution in [3.8, 4) is 11.5 Å². The molecule has 1 aromatic heterocycles. The summed E-state index contributed by atoms with van der Waals surface area (Å²) >= 11 is 5.99. The first-order valence-corrected chi connectivity index (χ1v) is 9.54. The van der Waals surface area contributed by atoms with Crippen molar-refractivity contribution in [2.45, 2.75) is 27.2 Å². The Bertz CT molecular complexity index is 918. The van der Waals surface area contributed by atoms with Gasteiger partial charge in [0.1, 0.15) is 0 Å². The van der Waals surface area contributed by atoms with E-state index in [1.807, 2.05) is 62.4 Å². The summed E-state index contributed by atoms with van der Waals surface area (Å²) in [5.74, 6) is 0.677. The number of nitrogens with zero attached hydrogens (tertiary/aromatic N) is 2. The zero-order valence-corrected chi connectivity index (χ0v) is 16.9. The van der Waals surface area contributed by atoms with E-state index in [0.717, 1.165) is 16.7 Å². The Kier molecular flexibility index (Phi) is 8.43. The Balaban J connectivity index is 0.00000136. The summed E-state index contributed by atoms with van der Waals surface area (Å²) in [5.41, 5.74) is 2.70. The van der Waals surface area contributed by atoms with Crippen LogP contribution in [0.2, 0.25) is 5.02 Å². The Morgan fingerprint density at radius 1 is 1.18 bits per heavy atom. The van der Waals surface area contributed by atoms with Gasteiger partial charge in [-0.3, -0.25) is 0 Å². The molecule has 3 rings (SSSR count). The molecule has 0 saturated heterocycles. The van der Waals surface area contributed by atoms with Crippen molar-refractivity contribution in [2.75, 3.05) is 6.61 Å². The van der Waals surface area contributed by atoms with Crippen molar-refractivity contribution >= 4 is 23.6 Å². The van der Waals surface area contributed by atoms with E-state index >= 15 is 0 Å². The molecule has 0 aliphatic carbocycles. The van der Waals surface area contributed by atoms with Crippen LogP contribution in [0.4, 0.5) is 0 Å². The fourth-order valence-electron chi connectivity index (χ4n) is 2.36. The van der Waals surface area contributed by atoms with Gasteiger partial charge in [0.2, 0.25) is 0 Å². The molecule has 0 aliphatic heterocycles. The molecule has 0 unspecified atom stereocenters. The monoisotopic (exact) mass is 398 g/mol. The summed E-state index contributed by atoms with van der Waals surface area (Å²) in [4.78, 5) is 15.7. The van der Waals surface area contributed by atoms with E-state index in [4.69, 9.17) is 20.9 Å². The van der Waals surface area contributed by atoms with Crippen LogP contribution in [0, 0.1) is 0 Å². The predicted octanol–water partition coefficient (Wildman–Crippen LogP) is 5.58. The number of esters is 1. The molecule has 5 nitrogen and oxygen atoms in total. The maximum Gasteiger partial charge on any atom is 0.330 e. The second kappa shape index (κ2) is 11.0. The van der Waals surface area contributed by atoms with Gasteiger partial charge >= 0.3 is 5.97 Å². The van der Waals surface area contributed by atoms with Gasteiger partial charge in [0.15, 0.2) is 5.82 Å². The van der Waals surface area contributed by atoms with Crippen LogP contribution < -0.4 is 0 Å². The third kappa shape index (κ3) is 6.35. The molecular weight excluding hydrogens is 376 g/mol. The summed E-state index contributed by atoms with van der Waals surface area (Å²) < 4.78 is 10.2. The molecule has 0 saturated carbocycles. The summed E-state index contributed by atoms with van der Waals surface area (Å²) in [5, 5.41) is 4.69. The van der Waals surface area contributed by atoms with Crippen LogP contribution in [0.5, 0.6) is 0 Å². The van der Waals surface area contributed by atoms with Gasteiger partial charge in [-0.15, -0.1) is 0 Å². The van der Waals surface area contributed by atoms with Crippen LogP contribution in [0.1, 0.15) is 37.7 Å². The van der Waals surface area contributed by atoms with Gasteiger partial charge in [-0.25, -0.2) is 4.79 Å². The number of hydrogen-bond acceptors (Lipinski definition) is 5. The molecule has 3 aromatic rings. The quantitative estimate of drug-likeness (QED) is 0.400. The van der Waals surface area contributed by atoms with Crippen LogP contribution in [-0.4, -0.2) is 22.7 Å². The summed E-state index contributed by atoms with van der Waals surface area (Å²) in [7, 11) is 0. The zero-order chi connectivity index (χ0) is 20.4. The number of carbonyl (C=O) groups excluding carboxylic acids is 1. The van der Waals surface area contributed by atoms with E-state index in [9.17, 15) is 4.79 Å². The molecule has 2 aromatic carbocycles. The Morgan fingerprint density at radius 2 is 1.93 bits per heavy atom. The third-order valence-electron chi connectivity index (χ3n) is 3.58. The first-order valence-electron chi connectivity index (χ1n) is 9.16. The summed E-state index contributed by atoms with van der Waals surface area (Å²) in [6.45, 7) is 6.13. The number of ether oxygens (including phenoxy) is 1. The highest BCUT2D eigenvalue weighted by atomic mass is 35.5. The standard InChI is InChI=1S/C20H17ClN2O3.C2H6/c1-2-25-19(24)11-8-14-6-9-16(10-7-14)20-22-18(23-26-20)13-15-4-3-5-17(21)12-15;1-2/h3-12H,2,13H2,1H3;1-2H3/b11-8+;.